The summed E-state index contributed by atoms with van der Waals surface area (Å²) in [4.78, 5) is 17.4. The molecule has 4 aromatic heterocycles. The molecule has 0 atom stereocenters. The van der Waals surface area contributed by atoms with Crippen molar-refractivity contribution in [1.29, 1.82) is 0 Å². The summed E-state index contributed by atoms with van der Waals surface area (Å²) >= 11 is 0. The first kappa shape index (κ1) is 23.9. The Morgan fingerprint density at radius 2 is 1.72 bits per heavy atom. The quantitative estimate of drug-likeness (QED) is 0.254. The lowest BCUT2D eigenvalue weighted by atomic mass is 10.0. The van der Waals surface area contributed by atoms with Crippen LogP contribution in [0.3, 0.4) is 0 Å². The molecule has 0 spiro atoms. The highest BCUT2D eigenvalue weighted by molar-refractivity contribution is 6.00. The molecule has 39 heavy (non-hydrogen) atoms. The van der Waals surface area contributed by atoms with E-state index < -0.39 is 0 Å². The number of aromatic nitrogens is 5. The van der Waals surface area contributed by atoms with Gasteiger partial charge in [0, 0.05) is 54.4 Å². The molecule has 0 bridgehead atoms. The molecule has 2 fully saturated rings. The number of allylic oxidation sites excluding steroid dienone is 1. The maximum atomic E-state index is 4.71. The first-order valence-corrected chi connectivity index (χ1v) is 13.9. The van der Waals surface area contributed by atoms with Crippen LogP contribution in [0, 0.1) is 5.92 Å². The van der Waals surface area contributed by atoms with Gasteiger partial charge in [-0.3, -0.25) is 15.1 Å². The second-order valence-electron chi connectivity index (χ2n) is 11.0. The number of rotatable bonds is 6. The lowest BCUT2D eigenvalue weighted by Crippen LogP contribution is -2.44. The molecule has 2 aliphatic rings. The van der Waals surface area contributed by atoms with E-state index in [-0.39, 0.29) is 0 Å². The van der Waals surface area contributed by atoms with Crippen LogP contribution in [0.5, 0.6) is 0 Å². The van der Waals surface area contributed by atoms with Crippen LogP contribution in [0.15, 0.2) is 67.4 Å². The topological polar surface area (TPSA) is 88.8 Å². The van der Waals surface area contributed by atoms with Gasteiger partial charge in [0.1, 0.15) is 5.69 Å². The Hall–Kier alpha value is -4.17. The van der Waals surface area contributed by atoms with Crippen LogP contribution in [-0.2, 0) is 0 Å². The van der Waals surface area contributed by atoms with Crippen molar-refractivity contribution in [2.45, 2.75) is 25.7 Å². The summed E-state index contributed by atoms with van der Waals surface area (Å²) in [6.07, 6.45) is 12.7. The number of likely N-dealkylation sites (N-methyl/N-ethyl adjacent to an activating group) is 1. The molecule has 1 aromatic carbocycles. The van der Waals surface area contributed by atoms with Gasteiger partial charge in [0.05, 0.1) is 46.7 Å². The molecular weight excluding hydrogens is 484 g/mol. The number of benzene rings is 1. The summed E-state index contributed by atoms with van der Waals surface area (Å²) in [7, 11) is 2.18. The predicted molar refractivity (Wildman–Crippen MR) is 159 cm³/mol. The van der Waals surface area contributed by atoms with E-state index in [1.54, 1.807) is 0 Å². The molecule has 1 aliphatic carbocycles. The van der Waals surface area contributed by atoms with E-state index in [9.17, 15) is 0 Å². The van der Waals surface area contributed by atoms with Gasteiger partial charge in [0.25, 0.3) is 0 Å². The van der Waals surface area contributed by atoms with Crippen LogP contribution in [0.2, 0.25) is 0 Å². The fraction of sp³-hybridized carbons (Fsp3) is 0.323. The van der Waals surface area contributed by atoms with Crippen molar-refractivity contribution in [3.63, 3.8) is 0 Å². The fourth-order valence-electron chi connectivity index (χ4n) is 6.09. The molecule has 8 heteroatoms. The van der Waals surface area contributed by atoms with Crippen LogP contribution in [0.1, 0.15) is 25.7 Å². The highest BCUT2D eigenvalue weighted by Crippen LogP contribution is 2.35. The summed E-state index contributed by atoms with van der Waals surface area (Å²) in [5, 5.41) is 13.7. The van der Waals surface area contributed by atoms with Crippen LogP contribution in [0.4, 0.5) is 11.4 Å². The predicted octanol–water partition coefficient (Wildman–Crippen LogP) is 6.04. The van der Waals surface area contributed by atoms with Crippen LogP contribution in [-0.4, -0.2) is 63.3 Å². The maximum absolute atomic E-state index is 4.71. The van der Waals surface area contributed by atoms with Crippen LogP contribution < -0.4 is 10.2 Å². The molecule has 3 N–H and O–H groups in total. The fourth-order valence-corrected chi connectivity index (χ4v) is 6.09. The first-order valence-electron chi connectivity index (χ1n) is 13.9. The second-order valence-corrected chi connectivity index (χ2v) is 11.0. The number of hydrogen-bond acceptors (Lipinski definition) is 6. The van der Waals surface area contributed by atoms with Crippen molar-refractivity contribution >= 4 is 33.2 Å². The van der Waals surface area contributed by atoms with Crippen molar-refractivity contribution in [2.75, 3.05) is 43.4 Å². The van der Waals surface area contributed by atoms with Crippen molar-refractivity contribution in [2.24, 2.45) is 5.92 Å². The number of piperazine rings is 1. The largest absolute Gasteiger partial charge is 0.367 e. The minimum atomic E-state index is 0.557. The van der Waals surface area contributed by atoms with Gasteiger partial charge >= 0.3 is 0 Å². The van der Waals surface area contributed by atoms with Gasteiger partial charge in [0.15, 0.2) is 0 Å². The number of hydrogen-bond donors (Lipinski definition) is 3. The highest BCUT2D eigenvalue weighted by atomic mass is 15.3. The molecule has 7 rings (SSSR count). The van der Waals surface area contributed by atoms with Gasteiger partial charge in [-0.1, -0.05) is 25.5 Å². The van der Waals surface area contributed by atoms with E-state index in [4.69, 9.17) is 5.10 Å². The number of H-pyrrole nitrogens is 2. The average molecular weight is 519 g/mol. The summed E-state index contributed by atoms with van der Waals surface area (Å²) in [6.45, 7) is 8.42. The van der Waals surface area contributed by atoms with Crippen LogP contribution in [0.25, 0.3) is 44.3 Å². The van der Waals surface area contributed by atoms with Crippen LogP contribution >= 0.6 is 0 Å². The van der Waals surface area contributed by atoms with E-state index in [2.05, 4.69) is 79.1 Å². The van der Waals surface area contributed by atoms with E-state index in [0.717, 1.165) is 76.5 Å². The van der Waals surface area contributed by atoms with Gasteiger partial charge in [-0.25, -0.2) is 0 Å². The summed E-state index contributed by atoms with van der Waals surface area (Å²) in [5.41, 5.74) is 9.34. The minimum Gasteiger partial charge on any atom is -0.367 e. The Morgan fingerprint density at radius 3 is 2.56 bits per heavy atom. The number of nitrogens with one attached hydrogen (secondary N) is 3. The lowest BCUT2D eigenvalue weighted by Gasteiger charge is -2.34. The average Bonchev–Trinajstić information content (AvgIpc) is 3.73. The number of anilines is 2. The first-order chi connectivity index (χ1) is 19.1. The zero-order valence-electron chi connectivity index (χ0n) is 22.4. The third-order valence-corrected chi connectivity index (χ3v) is 8.41. The van der Waals surface area contributed by atoms with Gasteiger partial charge in [-0.2, -0.15) is 5.10 Å². The highest BCUT2D eigenvalue weighted by Gasteiger charge is 2.20. The number of fused-ring (bicyclic) bond motifs is 2. The van der Waals surface area contributed by atoms with Crippen molar-refractivity contribution < 1.29 is 0 Å². The summed E-state index contributed by atoms with van der Waals surface area (Å²) in [6, 6.07) is 10.8. The molecule has 5 aromatic rings. The zero-order chi connectivity index (χ0) is 26.3. The molecule has 5 heterocycles. The molecule has 1 saturated heterocycles. The van der Waals surface area contributed by atoms with E-state index in [1.807, 2.05) is 24.8 Å². The van der Waals surface area contributed by atoms with Gasteiger partial charge in [-0.15, -0.1) is 0 Å². The zero-order valence-corrected chi connectivity index (χ0v) is 22.4. The molecule has 0 radical (unpaired) electrons. The van der Waals surface area contributed by atoms with Crippen molar-refractivity contribution in [3.8, 4) is 22.5 Å². The standard InChI is InChI=1S/C31H34N8/c1-20(21-5-3-4-6-21)34-24-13-23(16-32-17-24)22-7-8-27-26(14-22)31(37-36-27)28-15-25-29(35-28)18-33-19-30(25)39-11-9-38(2)10-12-39/h7-8,13-19,21,34-35H,1,3-6,9-12H2,2H3,(H,36,37). The van der Waals surface area contributed by atoms with Crippen molar-refractivity contribution in [1.82, 2.24) is 30.0 Å². The molecule has 1 saturated carbocycles. The van der Waals surface area contributed by atoms with Gasteiger partial charge < -0.3 is 20.1 Å². The smallest absolute Gasteiger partial charge is 0.116 e. The normalized spacial score (nSPS) is 16.9. The third-order valence-electron chi connectivity index (χ3n) is 8.41. The lowest BCUT2D eigenvalue weighted by molar-refractivity contribution is 0.313. The Kier molecular flexibility index (Phi) is 6.04. The Labute approximate surface area is 228 Å². The monoisotopic (exact) mass is 518 g/mol. The third kappa shape index (κ3) is 4.55. The number of pyridine rings is 2. The summed E-state index contributed by atoms with van der Waals surface area (Å²) in [5.74, 6) is 0.557. The number of aromatic amines is 2. The Balaban J connectivity index is 1.21. The molecular formula is C31H34N8. The molecule has 8 nitrogen and oxygen atoms in total. The molecule has 198 valence electrons. The van der Waals surface area contributed by atoms with Crippen molar-refractivity contribution in [3.05, 3.63) is 67.4 Å². The van der Waals surface area contributed by atoms with E-state index in [1.165, 1.54) is 36.8 Å². The Bertz CT molecular complexity index is 1650. The van der Waals surface area contributed by atoms with E-state index in [0.29, 0.717) is 5.92 Å². The SMILES string of the molecule is C=C(Nc1cncc(-c2ccc3[nH]nc(-c4cc5c(N6CCN(C)CC6)cncc5[nH]4)c3c2)c1)C1CCCC1. The second kappa shape index (κ2) is 9.85. The number of nitrogens with zero attached hydrogens (tertiary/aromatic N) is 5. The Morgan fingerprint density at radius 1 is 0.897 bits per heavy atom. The van der Waals surface area contributed by atoms with E-state index >= 15 is 0 Å². The minimum absolute atomic E-state index is 0.557. The molecule has 0 unspecified atom stereocenters. The molecule has 1 aliphatic heterocycles. The van der Waals surface area contributed by atoms with Gasteiger partial charge in [-0.05, 0) is 55.6 Å². The molecule has 0 amide bonds. The van der Waals surface area contributed by atoms with Gasteiger partial charge in [0.2, 0.25) is 0 Å². The summed E-state index contributed by atoms with van der Waals surface area (Å²) < 4.78 is 0. The maximum Gasteiger partial charge on any atom is 0.116 e.